The summed E-state index contributed by atoms with van der Waals surface area (Å²) in [5, 5.41) is 12.0. The lowest BCUT2D eigenvalue weighted by Crippen LogP contribution is -1.99. The van der Waals surface area contributed by atoms with E-state index >= 15 is 0 Å². The topological polar surface area (TPSA) is 46.5 Å². The molecule has 0 amide bonds. The summed E-state index contributed by atoms with van der Waals surface area (Å²) in [5.74, 6) is -0.226. The van der Waals surface area contributed by atoms with E-state index in [9.17, 15) is 9.90 Å². The van der Waals surface area contributed by atoms with Crippen LogP contribution in [0.25, 0.3) is 21.9 Å². The van der Waals surface area contributed by atoms with Gasteiger partial charge in [-0.2, -0.15) is 0 Å². The van der Waals surface area contributed by atoms with E-state index in [0.29, 0.717) is 11.1 Å². The molecule has 21 heavy (non-hydrogen) atoms. The van der Waals surface area contributed by atoms with E-state index in [1.807, 2.05) is 54.6 Å². The minimum absolute atomic E-state index is 0.130. The number of hydrogen-bond acceptors (Lipinski definition) is 3. The average molecular weight is 276 g/mol. The summed E-state index contributed by atoms with van der Waals surface area (Å²) in [6, 6.07) is 17.3. The predicted molar refractivity (Wildman–Crippen MR) is 80.2 cm³/mol. The molecular weight excluding hydrogens is 264 g/mol. The van der Waals surface area contributed by atoms with E-state index in [1.165, 1.54) is 0 Å². The number of carbonyl (C=O) groups is 1. The van der Waals surface area contributed by atoms with Crippen LogP contribution >= 0.6 is 0 Å². The molecule has 0 spiro atoms. The number of ether oxygens (including phenoxy) is 1. The number of aromatic hydroxyl groups is 1. The molecule has 0 aliphatic carbocycles. The summed E-state index contributed by atoms with van der Waals surface area (Å²) in [4.78, 5) is 12.1. The molecule has 1 aliphatic rings. The number of phenols is 1. The molecule has 3 nitrogen and oxygen atoms in total. The maximum absolute atomic E-state index is 12.1. The first-order valence-electron chi connectivity index (χ1n) is 6.76. The van der Waals surface area contributed by atoms with Crippen LogP contribution in [0.5, 0.6) is 5.75 Å². The highest BCUT2D eigenvalue weighted by Crippen LogP contribution is 2.43. The molecule has 1 aliphatic heterocycles. The SMILES string of the molecule is O=C1OCc2c1c(-c1ccccc1)c1ccccc1c2O. The molecule has 0 bridgehead atoms. The van der Waals surface area contributed by atoms with Crippen LogP contribution in [0.15, 0.2) is 54.6 Å². The first-order valence-corrected chi connectivity index (χ1v) is 6.76. The zero-order valence-corrected chi connectivity index (χ0v) is 11.2. The molecule has 3 heteroatoms. The Kier molecular flexibility index (Phi) is 2.48. The molecule has 4 rings (SSSR count). The van der Waals surface area contributed by atoms with Gasteiger partial charge in [-0.15, -0.1) is 0 Å². The highest BCUT2D eigenvalue weighted by atomic mass is 16.5. The highest BCUT2D eigenvalue weighted by Gasteiger charge is 2.30. The first kappa shape index (κ1) is 12.0. The Morgan fingerprint density at radius 2 is 1.52 bits per heavy atom. The van der Waals surface area contributed by atoms with Crippen molar-refractivity contribution < 1.29 is 14.6 Å². The lowest BCUT2D eigenvalue weighted by Gasteiger charge is -2.13. The van der Waals surface area contributed by atoms with Crippen molar-refractivity contribution in [1.82, 2.24) is 0 Å². The Labute approximate surface area is 121 Å². The van der Waals surface area contributed by atoms with E-state index in [0.717, 1.165) is 21.9 Å². The van der Waals surface area contributed by atoms with Crippen molar-refractivity contribution in [3.63, 3.8) is 0 Å². The standard InChI is InChI=1S/C18H12O3/c19-17-13-9-5-4-8-12(13)15(11-6-2-1-3-7-11)16-14(17)10-21-18(16)20/h1-9,19H,10H2. The van der Waals surface area contributed by atoms with Gasteiger partial charge in [0.15, 0.2) is 0 Å². The lowest BCUT2D eigenvalue weighted by atomic mass is 9.90. The van der Waals surface area contributed by atoms with Gasteiger partial charge in [0.2, 0.25) is 0 Å². The number of hydrogen-bond donors (Lipinski definition) is 1. The molecule has 0 unspecified atom stereocenters. The maximum atomic E-state index is 12.1. The molecule has 102 valence electrons. The van der Waals surface area contributed by atoms with Gasteiger partial charge in [-0.1, -0.05) is 54.6 Å². The van der Waals surface area contributed by atoms with Crippen LogP contribution in [0.4, 0.5) is 0 Å². The minimum atomic E-state index is -0.370. The summed E-state index contributed by atoms with van der Waals surface area (Å²) >= 11 is 0. The van der Waals surface area contributed by atoms with E-state index in [4.69, 9.17) is 4.74 Å². The number of esters is 1. The average Bonchev–Trinajstić information content (AvgIpc) is 2.91. The van der Waals surface area contributed by atoms with Crippen LogP contribution in [-0.2, 0) is 11.3 Å². The smallest absolute Gasteiger partial charge is 0.339 e. The number of phenolic OH excluding ortho intramolecular Hbond substituents is 1. The van der Waals surface area contributed by atoms with E-state index < -0.39 is 0 Å². The second-order valence-electron chi connectivity index (χ2n) is 5.06. The second kappa shape index (κ2) is 4.35. The Morgan fingerprint density at radius 1 is 0.857 bits per heavy atom. The molecule has 0 aromatic heterocycles. The molecule has 0 fully saturated rings. The number of fused-ring (bicyclic) bond motifs is 2. The molecule has 1 N–H and O–H groups in total. The molecule has 1 heterocycles. The Bertz CT molecular complexity index is 867. The van der Waals surface area contributed by atoms with Gasteiger partial charge >= 0.3 is 5.97 Å². The van der Waals surface area contributed by atoms with Crippen molar-refractivity contribution in [2.24, 2.45) is 0 Å². The lowest BCUT2D eigenvalue weighted by molar-refractivity contribution is 0.0535. The zero-order chi connectivity index (χ0) is 14.4. The van der Waals surface area contributed by atoms with Gasteiger partial charge in [-0.25, -0.2) is 4.79 Å². The van der Waals surface area contributed by atoms with Crippen LogP contribution in [0.1, 0.15) is 15.9 Å². The van der Waals surface area contributed by atoms with Crippen molar-refractivity contribution in [3.05, 3.63) is 65.7 Å². The molecule has 3 aromatic carbocycles. The number of benzene rings is 3. The van der Waals surface area contributed by atoms with Crippen LogP contribution < -0.4 is 0 Å². The van der Waals surface area contributed by atoms with Crippen molar-refractivity contribution in [1.29, 1.82) is 0 Å². The fourth-order valence-electron chi connectivity index (χ4n) is 2.95. The Balaban J connectivity index is 2.21. The van der Waals surface area contributed by atoms with E-state index in [-0.39, 0.29) is 18.3 Å². The normalized spacial score (nSPS) is 13.2. The number of cyclic esters (lactones) is 1. The van der Waals surface area contributed by atoms with Gasteiger partial charge in [0.1, 0.15) is 12.4 Å². The fraction of sp³-hybridized carbons (Fsp3) is 0.0556. The summed E-state index contributed by atoms with van der Waals surface area (Å²) in [6.07, 6.45) is 0. The Hall–Kier alpha value is -2.81. The van der Waals surface area contributed by atoms with Crippen molar-refractivity contribution >= 4 is 16.7 Å². The van der Waals surface area contributed by atoms with Gasteiger partial charge in [0.25, 0.3) is 0 Å². The highest BCUT2D eigenvalue weighted by molar-refractivity contribution is 6.12. The van der Waals surface area contributed by atoms with Crippen LogP contribution in [0, 0.1) is 0 Å². The van der Waals surface area contributed by atoms with E-state index in [1.54, 1.807) is 0 Å². The molecule has 0 saturated heterocycles. The zero-order valence-electron chi connectivity index (χ0n) is 11.2. The maximum Gasteiger partial charge on any atom is 0.339 e. The molecule has 0 saturated carbocycles. The first-order chi connectivity index (χ1) is 10.3. The molecule has 3 aromatic rings. The number of rotatable bonds is 1. The van der Waals surface area contributed by atoms with E-state index in [2.05, 4.69) is 0 Å². The largest absolute Gasteiger partial charge is 0.507 e. The van der Waals surface area contributed by atoms with Crippen LogP contribution in [0.2, 0.25) is 0 Å². The third-order valence-electron chi connectivity index (χ3n) is 3.90. The van der Waals surface area contributed by atoms with Gasteiger partial charge < -0.3 is 9.84 Å². The Morgan fingerprint density at radius 3 is 2.29 bits per heavy atom. The minimum Gasteiger partial charge on any atom is -0.507 e. The van der Waals surface area contributed by atoms with Gasteiger partial charge in [-0.05, 0) is 10.9 Å². The predicted octanol–water partition coefficient (Wildman–Crippen LogP) is 3.88. The summed E-state index contributed by atoms with van der Waals surface area (Å²) in [6.45, 7) is 0.130. The third kappa shape index (κ3) is 1.64. The van der Waals surface area contributed by atoms with Gasteiger partial charge in [0.05, 0.1) is 5.56 Å². The molecule has 0 radical (unpaired) electrons. The number of carbonyl (C=O) groups excluding carboxylic acids is 1. The van der Waals surface area contributed by atoms with Crippen molar-refractivity contribution in [2.45, 2.75) is 6.61 Å². The summed E-state index contributed by atoms with van der Waals surface area (Å²) < 4.78 is 5.14. The fourth-order valence-corrected chi connectivity index (χ4v) is 2.95. The second-order valence-corrected chi connectivity index (χ2v) is 5.06. The van der Waals surface area contributed by atoms with Crippen molar-refractivity contribution in [2.75, 3.05) is 0 Å². The van der Waals surface area contributed by atoms with Crippen LogP contribution in [-0.4, -0.2) is 11.1 Å². The van der Waals surface area contributed by atoms with Crippen LogP contribution in [0.3, 0.4) is 0 Å². The summed E-state index contributed by atoms with van der Waals surface area (Å²) in [7, 11) is 0. The molecular formula is C18H12O3. The summed E-state index contributed by atoms with van der Waals surface area (Å²) in [5.41, 5.74) is 2.85. The van der Waals surface area contributed by atoms with Gasteiger partial charge in [0, 0.05) is 16.5 Å². The molecule has 0 atom stereocenters. The quantitative estimate of drug-likeness (QED) is 0.686. The monoisotopic (exact) mass is 276 g/mol. The third-order valence-corrected chi connectivity index (χ3v) is 3.90. The van der Waals surface area contributed by atoms with Crippen molar-refractivity contribution in [3.8, 4) is 16.9 Å². The van der Waals surface area contributed by atoms with Gasteiger partial charge in [-0.3, -0.25) is 0 Å².